The maximum absolute atomic E-state index is 3.76. The average Bonchev–Trinajstić information content (AvgIpc) is 1.90. The van der Waals surface area contributed by atoms with Crippen molar-refractivity contribution in [2.75, 3.05) is 0 Å². The lowest BCUT2D eigenvalue weighted by atomic mass is 10.7. The normalized spacial score (nSPS) is 8.11. The van der Waals surface area contributed by atoms with Crippen molar-refractivity contribution < 1.29 is 28.7 Å². The van der Waals surface area contributed by atoms with E-state index in [1.807, 2.05) is 19.2 Å². The van der Waals surface area contributed by atoms with E-state index in [2.05, 4.69) is 10.3 Å². The van der Waals surface area contributed by atoms with Gasteiger partial charge in [-0.1, -0.05) is 0 Å². The average molecular weight is 237 g/mol. The fourth-order valence-electron chi connectivity index (χ4n) is 0.471. The molecule has 0 aromatic carbocycles. The first kappa shape index (κ1) is 8.74. The highest BCUT2D eigenvalue weighted by Crippen LogP contribution is 1.64. The molecule has 0 aliphatic heterocycles. The molecular weight excluding hydrogens is 229 g/mol. The lowest BCUT2D eigenvalue weighted by Gasteiger charge is -1.82. The van der Waals surface area contributed by atoms with Gasteiger partial charge in [0, 0.05) is 6.07 Å². The quantitative estimate of drug-likeness (QED) is 0.380. The molecule has 0 atom stereocenters. The van der Waals surface area contributed by atoms with Gasteiger partial charge in [-0.2, -0.15) is 0 Å². The highest BCUT2D eigenvalue weighted by atomic mass is 127. The highest BCUT2D eigenvalue weighted by Gasteiger charge is 1.88. The monoisotopic (exact) mass is 237 g/mol. The number of halogens is 1. The van der Waals surface area contributed by atoms with Gasteiger partial charge in [-0.3, -0.25) is 0 Å². The lowest BCUT2D eigenvalue weighted by Crippen LogP contribution is -3.00. The van der Waals surface area contributed by atoms with E-state index in [4.69, 9.17) is 0 Å². The van der Waals surface area contributed by atoms with Gasteiger partial charge in [0.25, 0.3) is 0 Å². The van der Waals surface area contributed by atoms with Crippen LogP contribution in [0.5, 0.6) is 0 Å². The summed E-state index contributed by atoms with van der Waals surface area (Å²) in [7, 11) is 0. The molecule has 4 heteroatoms. The van der Waals surface area contributed by atoms with Crippen LogP contribution in [-0.4, -0.2) is 10.3 Å². The van der Waals surface area contributed by atoms with E-state index in [0.717, 1.165) is 6.54 Å². The standard InChI is InChI=1S/C5H8N3.HI/c1-2-8-5-3-4-6-7-8;/h3-5H,2H2,1H3;1H/q+1;/p-1. The molecule has 0 spiro atoms. The molecule has 9 heavy (non-hydrogen) atoms. The van der Waals surface area contributed by atoms with Crippen molar-refractivity contribution in [1.29, 1.82) is 0 Å². The van der Waals surface area contributed by atoms with Crippen molar-refractivity contribution in [3.8, 4) is 0 Å². The fourth-order valence-corrected chi connectivity index (χ4v) is 0.471. The van der Waals surface area contributed by atoms with Crippen LogP contribution in [0.3, 0.4) is 0 Å². The molecule has 0 fully saturated rings. The predicted octanol–water partition coefficient (Wildman–Crippen LogP) is -3.21. The van der Waals surface area contributed by atoms with Crippen molar-refractivity contribution >= 4 is 0 Å². The summed E-state index contributed by atoms with van der Waals surface area (Å²) in [6.07, 6.45) is 3.54. The Kier molecular flexibility index (Phi) is 4.47. The smallest absolute Gasteiger partial charge is 0.171 e. The Labute approximate surface area is 71.1 Å². The van der Waals surface area contributed by atoms with E-state index in [0.29, 0.717) is 0 Å². The molecule has 0 saturated carbocycles. The second kappa shape index (κ2) is 4.60. The Bertz CT molecular complexity index is 154. The number of hydrogen-bond donors (Lipinski definition) is 0. The van der Waals surface area contributed by atoms with Gasteiger partial charge in [0.1, 0.15) is 18.0 Å². The van der Waals surface area contributed by atoms with Gasteiger partial charge < -0.3 is 24.0 Å². The zero-order chi connectivity index (χ0) is 5.82. The van der Waals surface area contributed by atoms with Gasteiger partial charge in [-0.25, -0.2) is 0 Å². The van der Waals surface area contributed by atoms with Crippen LogP contribution < -0.4 is 28.7 Å². The number of nitrogens with zero attached hydrogens (tertiary/aromatic N) is 3. The fraction of sp³-hybridized carbons (Fsp3) is 0.400. The Balaban J connectivity index is 0.000000640. The molecule has 0 radical (unpaired) electrons. The first-order valence-corrected chi connectivity index (χ1v) is 2.61. The lowest BCUT2D eigenvalue weighted by molar-refractivity contribution is -0.756. The third-order valence-electron chi connectivity index (χ3n) is 0.901. The molecule has 3 nitrogen and oxygen atoms in total. The van der Waals surface area contributed by atoms with Crippen molar-refractivity contribution in [1.82, 2.24) is 10.3 Å². The maximum Gasteiger partial charge on any atom is 0.171 e. The first-order valence-electron chi connectivity index (χ1n) is 2.61. The van der Waals surface area contributed by atoms with Gasteiger partial charge in [0.2, 0.25) is 0 Å². The SMILES string of the molecule is CC[n+]1cccnn1.[I-]. The first-order chi connectivity index (χ1) is 3.93. The summed E-state index contributed by atoms with van der Waals surface area (Å²) in [6, 6.07) is 1.86. The van der Waals surface area contributed by atoms with Crippen LogP contribution in [0, 0.1) is 0 Å². The van der Waals surface area contributed by atoms with Crippen molar-refractivity contribution in [3.05, 3.63) is 18.5 Å². The summed E-state index contributed by atoms with van der Waals surface area (Å²) in [6.45, 7) is 2.91. The van der Waals surface area contributed by atoms with Crippen LogP contribution in [0.15, 0.2) is 18.5 Å². The molecule has 1 aromatic heterocycles. The molecule has 50 valence electrons. The molecule has 1 rings (SSSR count). The van der Waals surface area contributed by atoms with E-state index >= 15 is 0 Å². The summed E-state index contributed by atoms with van der Waals surface area (Å²) in [5.41, 5.74) is 0. The van der Waals surface area contributed by atoms with E-state index < -0.39 is 0 Å². The molecule has 0 bridgehead atoms. The van der Waals surface area contributed by atoms with Gasteiger partial charge >= 0.3 is 0 Å². The maximum atomic E-state index is 3.76. The minimum Gasteiger partial charge on any atom is -1.00 e. The molecule has 0 N–H and O–H groups in total. The molecule has 0 amide bonds. The summed E-state index contributed by atoms with van der Waals surface area (Å²) in [5, 5.41) is 7.43. The number of hydrogen-bond acceptors (Lipinski definition) is 2. The van der Waals surface area contributed by atoms with E-state index in [1.165, 1.54) is 0 Å². The molecule has 1 heterocycles. The van der Waals surface area contributed by atoms with E-state index in [-0.39, 0.29) is 24.0 Å². The van der Waals surface area contributed by atoms with Crippen LogP contribution in [0.4, 0.5) is 0 Å². The highest BCUT2D eigenvalue weighted by molar-refractivity contribution is 4.65. The van der Waals surface area contributed by atoms with Crippen LogP contribution in [0.25, 0.3) is 0 Å². The molecule has 0 saturated heterocycles. The zero-order valence-electron chi connectivity index (χ0n) is 5.16. The third-order valence-corrected chi connectivity index (χ3v) is 0.901. The van der Waals surface area contributed by atoms with E-state index in [9.17, 15) is 0 Å². The van der Waals surface area contributed by atoms with Gasteiger partial charge in [-0.05, 0) is 6.92 Å². The number of aromatic nitrogens is 3. The van der Waals surface area contributed by atoms with Gasteiger partial charge in [0.05, 0.1) is 5.10 Å². The zero-order valence-corrected chi connectivity index (χ0v) is 7.32. The van der Waals surface area contributed by atoms with Crippen molar-refractivity contribution in [2.45, 2.75) is 13.5 Å². The molecule has 0 aliphatic carbocycles. The Morgan fingerprint density at radius 3 is 2.67 bits per heavy atom. The second-order valence-electron chi connectivity index (χ2n) is 1.45. The third kappa shape index (κ3) is 2.69. The number of rotatable bonds is 1. The number of aryl methyl sites for hydroxylation is 1. The van der Waals surface area contributed by atoms with Crippen LogP contribution >= 0.6 is 0 Å². The van der Waals surface area contributed by atoms with Crippen LogP contribution in [-0.2, 0) is 6.54 Å². The topological polar surface area (TPSA) is 29.7 Å². The summed E-state index contributed by atoms with van der Waals surface area (Å²) >= 11 is 0. The minimum absolute atomic E-state index is 0. The van der Waals surface area contributed by atoms with Crippen molar-refractivity contribution in [2.24, 2.45) is 0 Å². The second-order valence-corrected chi connectivity index (χ2v) is 1.45. The largest absolute Gasteiger partial charge is 1.00 e. The van der Waals surface area contributed by atoms with Crippen LogP contribution in [0.1, 0.15) is 6.92 Å². The van der Waals surface area contributed by atoms with E-state index in [1.54, 1.807) is 10.9 Å². The summed E-state index contributed by atoms with van der Waals surface area (Å²) in [5.74, 6) is 0. The molecular formula is C5H8IN3. The minimum atomic E-state index is 0. The Morgan fingerprint density at radius 2 is 2.33 bits per heavy atom. The summed E-state index contributed by atoms with van der Waals surface area (Å²) < 4.78 is 1.76. The van der Waals surface area contributed by atoms with Gasteiger partial charge in [0.15, 0.2) is 6.20 Å². The van der Waals surface area contributed by atoms with Crippen LogP contribution in [0.2, 0.25) is 0 Å². The molecule has 1 aromatic rings. The summed E-state index contributed by atoms with van der Waals surface area (Å²) in [4.78, 5) is 0. The Hall–Kier alpha value is -0.260. The molecule has 0 unspecified atom stereocenters. The Morgan fingerprint density at radius 1 is 1.56 bits per heavy atom. The van der Waals surface area contributed by atoms with Crippen molar-refractivity contribution in [3.63, 3.8) is 0 Å². The predicted molar refractivity (Wildman–Crippen MR) is 27.9 cm³/mol. The molecule has 0 aliphatic rings. The van der Waals surface area contributed by atoms with Gasteiger partial charge in [-0.15, -0.1) is 4.68 Å².